The lowest BCUT2D eigenvalue weighted by Crippen LogP contribution is -2.52. The monoisotopic (exact) mass is 551 g/mol. The Bertz CT molecular complexity index is 1110. The Morgan fingerprint density at radius 1 is 1.11 bits per heavy atom. The first-order chi connectivity index (χ1) is 17.6. The third-order valence-electron chi connectivity index (χ3n) is 7.64. The summed E-state index contributed by atoms with van der Waals surface area (Å²) in [5.74, 6) is -1.61. The van der Waals surface area contributed by atoms with Gasteiger partial charge in [0.1, 0.15) is 6.04 Å². The van der Waals surface area contributed by atoms with Crippen molar-refractivity contribution < 1.29 is 29.0 Å². The summed E-state index contributed by atoms with van der Waals surface area (Å²) in [5, 5.41) is 11.2. The summed E-state index contributed by atoms with van der Waals surface area (Å²) in [7, 11) is 1.22. The summed E-state index contributed by atoms with van der Waals surface area (Å²) in [5.41, 5.74) is 0.652. The molecular weight excluding hydrogens is 521 g/mol. The van der Waals surface area contributed by atoms with Gasteiger partial charge in [-0.05, 0) is 48.4 Å². The van der Waals surface area contributed by atoms with E-state index in [4.69, 9.17) is 27.9 Å². The third-order valence-corrected chi connectivity index (χ3v) is 8.38. The molecule has 11 heteroatoms. The molecular formula is C26H31Cl2N3O6. The lowest BCUT2D eigenvalue weighted by molar-refractivity contribution is -0.156. The van der Waals surface area contributed by atoms with Gasteiger partial charge in [0.15, 0.2) is 0 Å². The van der Waals surface area contributed by atoms with Gasteiger partial charge < -0.3 is 24.5 Å². The number of halogens is 2. The van der Waals surface area contributed by atoms with Crippen LogP contribution in [-0.4, -0.2) is 95.5 Å². The summed E-state index contributed by atoms with van der Waals surface area (Å²) >= 11 is 12.0. The fourth-order valence-electron chi connectivity index (χ4n) is 5.02. The molecule has 37 heavy (non-hydrogen) atoms. The number of esters is 1. The first-order valence-corrected chi connectivity index (χ1v) is 13.1. The van der Waals surface area contributed by atoms with Crippen molar-refractivity contribution >= 4 is 53.0 Å². The topological polar surface area (TPSA) is 107 Å². The molecule has 2 atom stereocenters. The Labute approximate surface area is 225 Å². The highest BCUT2D eigenvalue weighted by Crippen LogP contribution is 2.53. The van der Waals surface area contributed by atoms with Crippen molar-refractivity contribution in [1.82, 2.24) is 14.7 Å². The molecule has 200 valence electrons. The minimum atomic E-state index is -1.10. The second-order valence-corrected chi connectivity index (χ2v) is 10.7. The van der Waals surface area contributed by atoms with E-state index in [-0.39, 0.29) is 62.2 Å². The highest BCUT2D eigenvalue weighted by molar-refractivity contribution is 6.42. The predicted octanol–water partition coefficient (Wildman–Crippen LogP) is 2.37. The Balaban J connectivity index is 1.39. The summed E-state index contributed by atoms with van der Waals surface area (Å²) in [6.07, 6.45) is 4.90. The number of nitrogens with zero attached hydrogens (tertiary/aromatic N) is 3. The van der Waals surface area contributed by atoms with Crippen LogP contribution in [0.15, 0.2) is 24.3 Å². The summed E-state index contributed by atoms with van der Waals surface area (Å²) in [6.45, 7) is 1.22. The summed E-state index contributed by atoms with van der Waals surface area (Å²) in [6, 6.07) is 3.92. The molecule has 1 aromatic rings. The zero-order valence-electron chi connectivity index (χ0n) is 20.7. The molecule has 3 amide bonds. The van der Waals surface area contributed by atoms with Crippen LogP contribution in [0.25, 0.3) is 6.08 Å². The number of piperidine rings is 1. The number of methoxy groups -OCH3 is 1. The normalized spacial score (nSPS) is 22.2. The van der Waals surface area contributed by atoms with E-state index in [9.17, 15) is 24.3 Å². The van der Waals surface area contributed by atoms with Gasteiger partial charge in [0.2, 0.25) is 17.7 Å². The van der Waals surface area contributed by atoms with E-state index in [0.29, 0.717) is 22.2 Å². The standard InChI is InChI=1S/C26H31Cl2N3O6/c1-37-25(36)20(15-24(35)30-11-9-26(7-8-26)21(32)16-30)31-13-12-29(10-6-23(31)34)22(33)5-3-17-2-4-18(27)19(28)14-17/h2-5,14,20-21,32H,6-13,15-16H2,1H3/t20?,21-/m1/s1. The minimum absolute atomic E-state index is 0.0129. The van der Waals surface area contributed by atoms with Crippen molar-refractivity contribution in [3.8, 4) is 0 Å². The van der Waals surface area contributed by atoms with Crippen LogP contribution >= 0.6 is 23.2 Å². The van der Waals surface area contributed by atoms with Crippen molar-refractivity contribution in [1.29, 1.82) is 0 Å². The molecule has 2 aliphatic heterocycles. The maximum absolute atomic E-state index is 13.1. The number of β-amino-alcohol motifs (C(OH)–C–C–N with tert-alkyl or cyclic N) is 1. The van der Waals surface area contributed by atoms with Crippen LogP contribution in [0.3, 0.4) is 0 Å². The SMILES string of the molecule is COC(=O)C(CC(=O)N1CCC2(CC2)[C@H](O)C1)N1CCN(C(=O)C=Cc2ccc(Cl)c(Cl)c2)CCC1=O. The number of rotatable bonds is 6. The van der Waals surface area contributed by atoms with Gasteiger partial charge in [-0.3, -0.25) is 14.4 Å². The van der Waals surface area contributed by atoms with Crippen LogP contribution in [0, 0.1) is 5.41 Å². The van der Waals surface area contributed by atoms with E-state index in [1.807, 2.05) is 0 Å². The van der Waals surface area contributed by atoms with E-state index in [1.54, 1.807) is 29.2 Å². The summed E-state index contributed by atoms with van der Waals surface area (Å²) < 4.78 is 4.92. The van der Waals surface area contributed by atoms with Crippen LogP contribution in [0.1, 0.15) is 37.7 Å². The lowest BCUT2D eigenvalue weighted by Gasteiger charge is -2.37. The first kappa shape index (κ1) is 27.4. The van der Waals surface area contributed by atoms with E-state index in [2.05, 4.69) is 0 Å². The summed E-state index contributed by atoms with van der Waals surface area (Å²) in [4.78, 5) is 55.9. The van der Waals surface area contributed by atoms with Crippen molar-refractivity contribution in [2.24, 2.45) is 5.41 Å². The number of carbonyl (C=O) groups excluding carboxylic acids is 4. The molecule has 1 saturated carbocycles. The molecule has 3 fully saturated rings. The van der Waals surface area contributed by atoms with Gasteiger partial charge in [-0.15, -0.1) is 0 Å². The van der Waals surface area contributed by atoms with Crippen LogP contribution in [-0.2, 0) is 23.9 Å². The largest absolute Gasteiger partial charge is 0.467 e. The average Bonchev–Trinajstić information content (AvgIpc) is 3.69. The third kappa shape index (κ3) is 6.27. The molecule has 1 N–H and O–H groups in total. The van der Waals surface area contributed by atoms with Crippen LogP contribution < -0.4 is 0 Å². The predicted molar refractivity (Wildman–Crippen MR) is 138 cm³/mol. The van der Waals surface area contributed by atoms with Crippen molar-refractivity contribution in [3.05, 3.63) is 39.9 Å². The fourth-order valence-corrected chi connectivity index (χ4v) is 5.32. The molecule has 4 rings (SSSR count). The van der Waals surface area contributed by atoms with Crippen LogP contribution in [0.4, 0.5) is 0 Å². The Hall–Kier alpha value is -2.62. The van der Waals surface area contributed by atoms with Gasteiger partial charge in [0, 0.05) is 45.2 Å². The maximum Gasteiger partial charge on any atom is 0.329 e. The molecule has 1 unspecified atom stereocenters. The number of hydrogen-bond donors (Lipinski definition) is 1. The number of hydrogen-bond acceptors (Lipinski definition) is 6. The van der Waals surface area contributed by atoms with E-state index >= 15 is 0 Å². The minimum Gasteiger partial charge on any atom is -0.467 e. The molecule has 1 spiro atoms. The molecule has 3 aliphatic rings. The number of carbonyl (C=O) groups is 4. The highest BCUT2D eigenvalue weighted by atomic mass is 35.5. The van der Waals surface area contributed by atoms with E-state index < -0.39 is 18.1 Å². The number of aliphatic hydroxyl groups excluding tert-OH is 1. The van der Waals surface area contributed by atoms with Crippen molar-refractivity contribution in [2.45, 2.75) is 44.2 Å². The highest BCUT2D eigenvalue weighted by Gasteiger charge is 2.52. The number of ether oxygens (including phenoxy) is 1. The van der Waals surface area contributed by atoms with Gasteiger partial charge in [-0.2, -0.15) is 0 Å². The molecule has 0 bridgehead atoms. The second kappa shape index (κ2) is 11.4. The zero-order chi connectivity index (χ0) is 26.7. The Kier molecular flexibility index (Phi) is 8.46. The molecule has 0 radical (unpaired) electrons. The quantitative estimate of drug-likeness (QED) is 0.429. The van der Waals surface area contributed by atoms with Gasteiger partial charge in [-0.25, -0.2) is 4.79 Å². The molecule has 9 nitrogen and oxygen atoms in total. The maximum atomic E-state index is 13.1. The lowest BCUT2D eigenvalue weighted by atomic mass is 9.90. The molecule has 2 heterocycles. The second-order valence-electron chi connectivity index (χ2n) is 9.88. The van der Waals surface area contributed by atoms with Gasteiger partial charge in [-0.1, -0.05) is 29.3 Å². The number of likely N-dealkylation sites (tertiary alicyclic amines) is 1. The number of amides is 3. The van der Waals surface area contributed by atoms with Gasteiger partial charge in [0.05, 0.1) is 29.7 Å². The molecule has 1 aromatic carbocycles. The smallest absolute Gasteiger partial charge is 0.329 e. The van der Waals surface area contributed by atoms with Crippen molar-refractivity contribution in [3.63, 3.8) is 0 Å². The molecule has 2 saturated heterocycles. The molecule has 1 aliphatic carbocycles. The van der Waals surface area contributed by atoms with Crippen LogP contribution in [0.5, 0.6) is 0 Å². The zero-order valence-corrected chi connectivity index (χ0v) is 22.2. The van der Waals surface area contributed by atoms with E-state index in [0.717, 1.165) is 19.3 Å². The number of benzene rings is 1. The number of aliphatic hydroxyl groups is 1. The Morgan fingerprint density at radius 3 is 2.51 bits per heavy atom. The molecule has 0 aromatic heterocycles. The van der Waals surface area contributed by atoms with Crippen molar-refractivity contribution in [2.75, 3.05) is 39.8 Å². The van der Waals surface area contributed by atoms with Gasteiger partial charge >= 0.3 is 5.97 Å². The van der Waals surface area contributed by atoms with Crippen LogP contribution in [0.2, 0.25) is 10.0 Å². The van der Waals surface area contributed by atoms with Gasteiger partial charge in [0.25, 0.3) is 0 Å². The average molecular weight is 552 g/mol. The fraction of sp³-hybridized carbons (Fsp3) is 0.538. The van der Waals surface area contributed by atoms with E-state index in [1.165, 1.54) is 23.0 Å². The Morgan fingerprint density at radius 2 is 1.86 bits per heavy atom. The first-order valence-electron chi connectivity index (χ1n) is 12.4.